The van der Waals surface area contributed by atoms with Gasteiger partial charge in [-0.3, -0.25) is 0 Å². The largest absolute Gasteiger partial charge is 0.475 e. The fraction of sp³-hybridized carbons (Fsp3) is 0.714. The Balaban J connectivity index is 2.43. The third-order valence-electron chi connectivity index (χ3n) is 2.68. The second-order valence-electron chi connectivity index (χ2n) is 4.76. The van der Waals surface area contributed by atoms with Crippen molar-refractivity contribution in [2.45, 2.75) is 33.1 Å². The van der Waals surface area contributed by atoms with Gasteiger partial charge < -0.3 is 14.2 Å². The number of aromatic nitrogens is 2. The van der Waals surface area contributed by atoms with E-state index in [1.807, 2.05) is 20.8 Å². The van der Waals surface area contributed by atoms with E-state index in [0.29, 0.717) is 43.3 Å². The smallest absolute Gasteiger partial charge is 0.221 e. The highest BCUT2D eigenvalue weighted by atomic mass is 35.5. The van der Waals surface area contributed by atoms with E-state index in [4.69, 9.17) is 25.8 Å². The Morgan fingerprint density at radius 3 is 2.50 bits per heavy atom. The topological polar surface area (TPSA) is 53.5 Å². The first-order valence-electron chi connectivity index (χ1n) is 6.79. The van der Waals surface area contributed by atoms with Crippen LogP contribution in [-0.4, -0.2) is 43.5 Å². The highest BCUT2D eigenvalue weighted by Crippen LogP contribution is 2.24. The third kappa shape index (κ3) is 5.61. The minimum absolute atomic E-state index is 0.209. The van der Waals surface area contributed by atoms with E-state index in [9.17, 15) is 0 Å². The molecule has 114 valence electrons. The van der Waals surface area contributed by atoms with Crippen LogP contribution in [0.5, 0.6) is 5.88 Å². The minimum Gasteiger partial charge on any atom is -0.475 e. The zero-order valence-corrected chi connectivity index (χ0v) is 13.4. The highest BCUT2D eigenvalue weighted by molar-refractivity contribution is 6.30. The predicted octanol–water partition coefficient (Wildman–Crippen LogP) is 2.99. The zero-order valence-electron chi connectivity index (χ0n) is 12.6. The van der Waals surface area contributed by atoms with Crippen LogP contribution >= 0.6 is 11.6 Å². The quantitative estimate of drug-likeness (QED) is 0.518. The Morgan fingerprint density at radius 1 is 1.10 bits per heavy atom. The predicted molar refractivity (Wildman–Crippen MR) is 78.7 cm³/mol. The van der Waals surface area contributed by atoms with Gasteiger partial charge in [-0.2, -0.15) is 4.98 Å². The number of ether oxygens (including phenoxy) is 3. The Hall–Kier alpha value is -0.910. The molecule has 0 aliphatic heterocycles. The van der Waals surface area contributed by atoms with Crippen LogP contribution in [0.15, 0.2) is 0 Å². The summed E-state index contributed by atoms with van der Waals surface area (Å²) >= 11 is 6.08. The van der Waals surface area contributed by atoms with Gasteiger partial charge in [0, 0.05) is 31.8 Å². The van der Waals surface area contributed by atoms with Gasteiger partial charge in [0.15, 0.2) is 0 Å². The van der Waals surface area contributed by atoms with E-state index in [1.54, 1.807) is 7.11 Å². The molecule has 1 aromatic heterocycles. The van der Waals surface area contributed by atoms with Crippen molar-refractivity contribution in [2.75, 3.05) is 33.5 Å². The Morgan fingerprint density at radius 2 is 1.85 bits per heavy atom. The Bertz CT molecular complexity index is 414. The van der Waals surface area contributed by atoms with Gasteiger partial charge in [-0.1, -0.05) is 25.4 Å². The molecule has 20 heavy (non-hydrogen) atoms. The molecule has 1 aromatic rings. The summed E-state index contributed by atoms with van der Waals surface area (Å²) < 4.78 is 16.0. The van der Waals surface area contributed by atoms with Crippen molar-refractivity contribution >= 4 is 11.6 Å². The van der Waals surface area contributed by atoms with Gasteiger partial charge in [-0.05, 0) is 13.3 Å². The number of rotatable bonds is 9. The summed E-state index contributed by atoms with van der Waals surface area (Å²) in [4.78, 5) is 8.63. The maximum absolute atomic E-state index is 6.08. The standard InChI is InChI=1S/C14H23ClN2O3/c1-10(2)13-16-12(15)11(3)14(17-13)20-9-8-19-7-5-6-18-4/h10H,5-9H2,1-4H3. The fourth-order valence-electron chi connectivity index (χ4n) is 1.49. The van der Waals surface area contributed by atoms with Gasteiger partial charge >= 0.3 is 0 Å². The molecule has 6 heteroatoms. The van der Waals surface area contributed by atoms with Crippen molar-refractivity contribution in [3.63, 3.8) is 0 Å². The summed E-state index contributed by atoms with van der Waals surface area (Å²) in [7, 11) is 1.68. The summed E-state index contributed by atoms with van der Waals surface area (Å²) in [6, 6.07) is 0. The van der Waals surface area contributed by atoms with Gasteiger partial charge in [0.1, 0.15) is 17.6 Å². The molecule has 0 aliphatic rings. The van der Waals surface area contributed by atoms with E-state index in [-0.39, 0.29) is 5.92 Å². The van der Waals surface area contributed by atoms with E-state index in [2.05, 4.69) is 9.97 Å². The van der Waals surface area contributed by atoms with Crippen molar-refractivity contribution in [1.29, 1.82) is 0 Å². The molecule has 0 saturated heterocycles. The molecule has 0 atom stereocenters. The van der Waals surface area contributed by atoms with Crippen LogP contribution < -0.4 is 4.74 Å². The molecule has 1 heterocycles. The molecule has 0 N–H and O–H groups in total. The lowest BCUT2D eigenvalue weighted by Gasteiger charge is -2.12. The van der Waals surface area contributed by atoms with Gasteiger partial charge in [0.25, 0.3) is 0 Å². The van der Waals surface area contributed by atoms with Crippen LogP contribution in [-0.2, 0) is 9.47 Å². The first-order valence-corrected chi connectivity index (χ1v) is 7.17. The molecule has 0 saturated carbocycles. The summed E-state index contributed by atoms with van der Waals surface area (Å²) in [5, 5.41) is 0.444. The van der Waals surface area contributed by atoms with Gasteiger partial charge in [0.2, 0.25) is 5.88 Å². The molecular formula is C14H23ClN2O3. The average molecular weight is 303 g/mol. The van der Waals surface area contributed by atoms with Gasteiger partial charge in [-0.15, -0.1) is 0 Å². The molecule has 0 aromatic carbocycles. The number of halogens is 1. The summed E-state index contributed by atoms with van der Waals surface area (Å²) in [6.45, 7) is 8.21. The monoisotopic (exact) mass is 302 g/mol. The second kappa shape index (κ2) is 9.10. The van der Waals surface area contributed by atoms with Crippen LogP contribution in [0, 0.1) is 6.92 Å². The van der Waals surface area contributed by atoms with Crippen LogP contribution in [0.1, 0.15) is 37.6 Å². The van der Waals surface area contributed by atoms with Gasteiger partial charge in [-0.25, -0.2) is 4.98 Å². The summed E-state index contributed by atoms with van der Waals surface area (Å²) in [5.41, 5.74) is 0.760. The minimum atomic E-state index is 0.209. The SMILES string of the molecule is COCCCOCCOc1nc(C(C)C)nc(Cl)c1C. The van der Waals surface area contributed by atoms with Crippen molar-refractivity contribution in [3.05, 3.63) is 16.5 Å². The lowest BCUT2D eigenvalue weighted by molar-refractivity contribution is 0.0792. The molecule has 0 radical (unpaired) electrons. The van der Waals surface area contributed by atoms with Gasteiger partial charge in [0.05, 0.1) is 6.61 Å². The molecular weight excluding hydrogens is 280 g/mol. The first kappa shape index (κ1) is 17.1. The Labute approximate surface area is 125 Å². The number of hydrogen-bond donors (Lipinski definition) is 0. The number of nitrogens with zero attached hydrogens (tertiary/aromatic N) is 2. The van der Waals surface area contributed by atoms with Crippen molar-refractivity contribution in [2.24, 2.45) is 0 Å². The molecule has 5 nitrogen and oxygen atoms in total. The lowest BCUT2D eigenvalue weighted by atomic mass is 10.2. The molecule has 1 rings (SSSR count). The third-order valence-corrected chi connectivity index (χ3v) is 3.05. The normalized spacial score (nSPS) is 11.1. The average Bonchev–Trinajstić information content (AvgIpc) is 2.41. The fourth-order valence-corrected chi connectivity index (χ4v) is 1.66. The molecule has 0 bridgehead atoms. The summed E-state index contributed by atoms with van der Waals surface area (Å²) in [6.07, 6.45) is 0.881. The second-order valence-corrected chi connectivity index (χ2v) is 5.12. The van der Waals surface area contributed by atoms with Crippen molar-refractivity contribution in [1.82, 2.24) is 9.97 Å². The molecule has 0 unspecified atom stereocenters. The summed E-state index contributed by atoms with van der Waals surface area (Å²) in [5.74, 6) is 1.44. The van der Waals surface area contributed by atoms with Crippen LogP contribution in [0.3, 0.4) is 0 Å². The first-order chi connectivity index (χ1) is 9.56. The molecule has 0 amide bonds. The molecule has 0 spiro atoms. The van der Waals surface area contributed by atoms with E-state index >= 15 is 0 Å². The van der Waals surface area contributed by atoms with E-state index < -0.39 is 0 Å². The molecule has 0 aliphatic carbocycles. The number of methoxy groups -OCH3 is 1. The van der Waals surface area contributed by atoms with Crippen molar-refractivity contribution < 1.29 is 14.2 Å². The van der Waals surface area contributed by atoms with Crippen molar-refractivity contribution in [3.8, 4) is 5.88 Å². The maximum atomic E-state index is 6.08. The lowest BCUT2D eigenvalue weighted by Crippen LogP contribution is -2.11. The molecule has 0 fully saturated rings. The number of hydrogen-bond acceptors (Lipinski definition) is 5. The van der Waals surface area contributed by atoms with E-state index in [1.165, 1.54) is 0 Å². The zero-order chi connectivity index (χ0) is 15.0. The van der Waals surface area contributed by atoms with E-state index in [0.717, 1.165) is 12.0 Å². The van der Waals surface area contributed by atoms with Crippen LogP contribution in [0.2, 0.25) is 5.15 Å². The van der Waals surface area contributed by atoms with Crippen LogP contribution in [0.4, 0.5) is 0 Å². The Kier molecular flexibility index (Phi) is 7.80. The highest BCUT2D eigenvalue weighted by Gasteiger charge is 2.12. The van der Waals surface area contributed by atoms with Crippen LogP contribution in [0.25, 0.3) is 0 Å². The maximum Gasteiger partial charge on any atom is 0.221 e.